The summed E-state index contributed by atoms with van der Waals surface area (Å²) < 4.78 is 0. The molecular weight excluding hydrogens is 226 g/mol. The molecule has 2 N–H and O–H groups in total. The monoisotopic (exact) mass is 239 g/mol. The smallest absolute Gasteiger partial charge is 0.306 e. The first-order chi connectivity index (χ1) is 7.66. The molecular formula is C11H13NO3S. The minimum absolute atomic E-state index is 0.0536. The van der Waals surface area contributed by atoms with Crippen molar-refractivity contribution in [3.63, 3.8) is 0 Å². The molecule has 0 saturated heterocycles. The second kappa shape index (κ2) is 4.65. The molecule has 1 aliphatic carbocycles. The van der Waals surface area contributed by atoms with Crippen molar-refractivity contribution in [1.29, 1.82) is 0 Å². The normalized spacial score (nSPS) is 24.2. The van der Waals surface area contributed by atoms with E-state index < -0.39 is 5.97 Å². The Labute approximate surface area is 97.3 Å². The lowest BCUT2D eigenvalue weighted by Crippen LogP contribution is -2.21. The summed E-state index contributed by atoms with van der Waals surface area (Å²) in [5, 5.41) is 15.4. The Balaban J connectivity index is 1.90. The molecule has 0 bridgehead atoms. The lowest BCUT2D eigenvalue weighted by molar-refractivity contribution is -0.141. The van der Waals surface area contributed by atoms with Crippen LogP contribution < -0.4 is 5.32 Å². The van der Waals surface area contributed by atoms with Gasteiger partial charge >= 0.3 is 5.97 Å². The number of hydrogen-bond acceptors (Lipinski definition) is 3. The van der Waals surface area contributed by atoms with Gasteiger partial charge in [-0.15, -0.1) is 0 Å². The number of anilines is 1. The second-order valence-corrected chi connectivity index (χ2v) is 4.83. The van der Waals surface area contributed by atoms with E-state index in [4.69, 9.17) is 5.11 Å². The maximum absolute atomic E-state index is 11.8. The largest absolute Gasteiger partial charge is 0.481 e. The Bertz CT molecular complexity index is 388. The topological polar surface area (TPSA) is 66.4 Å². The molecule has 16 heavy (non-hydrogen) atoms. The van der Waals surface area contributed by atoms with E-state index in [9.17, 15) is 9.59 Å². The van der Waals surface area contributed by atoms with Crippen molar-refractivity contribution in [2.45, 2.75) is 19.3 Å². The standard InChI is InChI=1S/C11H13NO3S/c13-10(12-9-3-4-16-6-9)7-1-2-8(5-7)11(14)15/h3-4,6-8H,1-2,5H2,(H,12,13)(H,14,15)/t7-,8+/m1/s1. The zero-order valence-electron chi connectivity index (χ0n) is 8.68. The van der Waals surface area contributed by atoms with Gasteiger partial charge in [-0.3, -0.25) is 9.59 Å². The van der Waals surface area contributed by atoms with Gasteiger partial charge in [0.05, 0.1) is 11.6 Å². The van der Waals surface area contributed by atoms with Crippen LogP contribution in [-0.2, 0) is 9.59 Å². The molecule has 0 unspecified atom stereocenters. The van der Waals surface area contributed by atoms with Gasteiger partial charge in [0.15, 0.2) is 0 Å². The maximum Gasteiger partial charge on any atom is 0.306 e. The predicted octanol–water partition coefficient (Wildman–Crippen LogP) is 2.19. The fraction of sp³-hybridized carbons (Fsp3) is 0.455. The number of hydrogen-bond donors (Lipinski definition) is 2. The Kier molecular flexibility index (Phi) is 3.24. The SMILES string of the molecule is O=C(O)[C@H]1CC[C@@H](C(=O)Nc2ccsc2)C1. The zero-order chi connectivity index (χ0) is 11.5. The summed E-state index contributed by atoms with van der Waals surface area (Å²) in [6.45, 7) is 0. The number of carboxylic acids is 1. The van der Waals surface area contributed by atoms with Crippen LogP contribution in [-0.4, -0.2) is 17.0 Å². The molecule has 0 radical (unpaired) electrons. The van der Waals surface area contributed by atoms with Crippen molar-refractivity contribution in [2.24, 2.45) is 11.8 Å². The van der Waals surface area contributed by atoms with Crippen molar-refractivity contribution in [1.82, 2.24) is 0 Å². The Morgan fingerprint density at radius 3 is 2.69 bits per heavy atom. The maximum atomic E-state index is 11.8. The Morgan fingerprint density at radius 1 is 1.38 bits per heavy atom. The minimum Gasteiger partial charge on any atom is -0.481 e. The third-order valence-electron chi connectivity index (χ3n) is 2.94. The van der Waals surface area contributed by atoms with E-state index >= 15 is 0 Å². The molecule has 86 valence electrons. The van der Waals surface area contributed by atoms with E-state index in [0.717, 1.165) is 5.69 Å². The van der Waals surface area contributed by atoms with Crippen LogP contribution >= 0.6 is 11.3 Å². The number of rotatable bonds is 3. The Morgan fingerprint density at radius 2 is 2.12 bits per heavy atom. The number of amides is 1. The first kappa shape index (κ1) is 11.1. The highest BCUT2D eigenvalue weighted by Crippen LogP contribution is 2.32. The number of nitrogens with one attached hydrogen (secondary N) is 1. The van der Waals surface area contributed by atoms with Crippen LogP contribution in [0.1, 0.15) is 19.3 Å². The lowest BCUT2D eigenvalue weighted by atomic mass is 10.0. The summed E-state index contributed by atoms with van der Waals surface area (Å²) in [4.78, 5) is 22.5. The molecule has 1 aromatic heterocycles. The molecule has 2 atom stereocenters. The molecule has 1 aromatic rings. The van der Waals surface area contributed by atoms with E-state index in [1.54, 1.807) is 0 Å². The van der Waals surface area contributed by atoms with Crippen molar-refractivity contribution in [3.8, 4) is 0 Å². The van der Waals surface area contributed by atoms with Crippen molar-refractivity contribution < 1.29 is 14.7 Å². The van der Waals surface area contributed by atoms with Crippen LogP contribution in [0.4, 0.5) is 5.69 Å². The first-order valence-corrected chi connectivity index (χ1v) is 6.17. The van der Waals surface area contributed by atoms with Gasteiger partial charge in [0.25, 0.3) is 0 Å². The third-order valence-corrected chi connectivity index (χ3v) is 3.62. The molecule has 4 nitrogen and oxygen atoms in total. The van der Waals surface area contributed by atoms with Gasteiger partial charge in [0.2, 0.25) is 5.91 Å². The summed E-state index contributed by atoms with van der Waals surface area (Å²) in [5.41, 5.74) is 0.800. The van der Waals surface area contributed by atoms with E-state index in [1.165, 1.54) is 11.3 Å². The molecule has 1 fully saturated rings. The molecule has 0 aromatic carbocycles. The summed E-state index contributed by atoms with van der Waals surface area (Å²) in [6, 6.07) is 1.84. The van der Waals surface area contributed by atoms with Crippen LogP contribution in [0.25, 0.3) is 0 Å². The Hall–Kier alpha value is -1.36. The van der Waals surface area contributed by atoms with Crippen LogP contribution in [0.15, 0.2) is 16.8 Å². The highest BCUT2D eigenvalue weighted by molar-refractivity contribution is 7.08. The van der Waals surface area contributed by atoms with Crippen LogP contribution in [0.2, 0.25) is 0 Å². The molecule has 0 aliphatic heterocycles. The van der Waals surface area contributed by atoms with Crippen LogP contribution in [0.3, 0.4) is 0 Å². The molecule has 1 saturated carbocycles. The van der Waals surface area contributed by atoms with E-state index in [0.29, 0.717) is 19.3 Å². The quantitative estimate of drug-likeness (QED) is 0.849. The minimum atomic E-state index is -0.786. The van der Waals surface area contributed by atoms with Crippen molar-refractivity contribution >= 4 is 28.9 Å². The molecule has 5 heteroatoms. The molecule has 1 amide bonds. The van der Waals surface area contributed by atoms with Gasteiger partial charge in [-0.2, -0.15) is 11.3 Å². The highest BCUT2D eigenvalue weighted by atomic mass is 32.1. The summed E-state index contributed by atoms with van der Waals surface area (Å²) in [7, 11) is 0. The fourth-order valence-corrected chi connectivity index (χ4v) is 2.61. The van der Waals surface area contributed by atoms with Gasteiger partial charge in [0.1, 0.15) is 0 Å². The van der Waals surface area contributed by atoms with E-state index in [-0.39, 0.29) is 17.7 Å². The molecule has 1 heterocycles. The average molecular weight is 239 g/mol. The van der Waals surface area contributed by atoms with E-state index in [2.05, 4.69) is 5.32 Å². The molecule has 0 spiro atoms. The fourth-order valence-electron chi connectivity index (χ4n) is 2.02. The number of thiophene rings is 1. The van der Waals surface area contributed by atoms with Gasteiger partial charge in [-0.25, -0.2) is 0 Å². The number of carbonyl (C=O) groups is 2. The van der Waals surface area contributed by atoms with Crippen molar-refractivity contribution in [3.05, 3.63) is 16.8 Å². The predicted molar refractivity (Wildman–Crippen MR) is 61.4 cm³/mol. The highest BCUT2D eigenvalue weighted by Gasteiger charge is 2.33. The molecule has 1 aliphatic rings. The first-order valence-electron chi connectivity index (χ1n) is 5.22. The van der Waals surface area contributed by atoms with Crippen LogP contribution in [0, 0.1) is 11.8 Å². The lowest BCUT2D eigenvalue weighted by Gasteiger charge is -2.09. The van der Waals surface area contributed by atoms with Gasteiger partial charge < -0.3 is 10.4 Å². The number of carbonyl (C=O) groups excluding carboxylic acids is 1. The molecule has 2 rings (SSSR count). The summed E-state index contributed by atoms with van der Waals surface area (Å²) in [5.74, 6) is -1.34. The number of carboxylic acid groups (broad SMARTS) is 1. The van der Waals surface area contributed by atoms with Crippen LogP contribution in [0.5, 0.6) is 0 Å². The zero-order valence-corrected chi connectivity index (χ0v) is 9.50. The van der Waals surface area contributed by atoms with Crippen molar-refractivity contribution in [2.75, 3.05) is 5.32 Å². The number of aliphatic carboxylic acids is 1. The third kappa shape index (κ3) is 2.41. The van der Waals surface area contributed by atoms with Gasteiger partial charge in [-0.1, -0.05) is 0 Å². The average Bonchev–Trinajstić information content (AvgIpc) is 2.86. The summed E-state index contributed by atoms with van der Waals surface area (Å²) in [6.07, 6.45) is 1.75. The van der Waals surface area contributed by atoms with Gasteiger partial charge in [-0.05, 0) is 30.7 Å². The van der Waals surface area contributed by atoms with Gasteiger partial charge in [0, 0.05) is 11.3 Å². The summed E-state index contributed by atoms with van der Waals surface area (Å²) >= 11 is 1.52. The van der Waals surface area contributed by atoms with E-state index in [1.807, 2.05) is 16.8 Å². The second-order valence-electron chi connectivity index (χ2n) is 4.05.